The van der Waals surface area contributed by atoms with Gasteiger partial charge in [0.25, 0.3) is 0 Å². The lowest BCUT2D eigenvalue weighted by Crippen LogP contribution is -2.26. The molecule has 0 aliphatic carbocycles. The van der Waals surface area contributed by atoms with Crippen molar-refractivity contribution in [2.45, 2.75) is 13.0 Å². The third kappa shape index (κ3) is 4.85. The smallest absolute Gasteiger partial charge is 0.217 e. The van der Waals surface area contributed by atoms with Gasteiger partial charge in [-0.2, -0.15) is 0 Å². The molecule has 1 N–H and O–H groups in total. The minimum Gasteiger partial charge on any atom is -0.497 e. The van der Waals surface area contributed by atoms with Gasteiger partial charge in [0.15, 0.2) is 0 Å². The van der Waals surface area contributed by atoms with Crippen molar-refractivity contribution in [3.05, 3.63) is 84.0 Å². The van der Waals surface area contributed by atoms with Crippen molar-refractivity contribution in [2.75, 3.05) is 7.11 Å². The van der Waals surface area contributed by atoms with E-state index >= 15 is 0 Å². The Balaban J connectivity index is 2.20. The lowest BCUT2D eigenvalue weighted by Gasteiger charge is -2.19. The molecule has 2 aromatic rings. The highest BCUT2D eigenvalue weighted by atomic mass is 16.5. The lowest BCUT2D eigenvalue weighted by molar-refractivity contribution is -0.119. The first kappa shape index (κ1) is 16.6. The van der Waals surface area contributed by atoms with Gasteiger partial charge in [-0.3, -0.25) is 4.79 Å². The fourth-order valence-electron chi connectivity index (χ4n) is 2.28. The van der Waals surface area contributed by atoms with Gasteiger partial charge >= 0.3 is 0 Å². The average Bonchev–Trinajstić information content (AvgIpc) is 2.58. The van der Waals surface area contributed by atoms with Crippen LogP contribution < -0.4 is 10.1 Å². The number of amides is 1. The number of hydrogen-bond donors (Lipinski definition) is 1. The molecule has 0 heterocycles. The maximum Gasteiger partial charge on any atom is 0.217 e. The summed E-state index contributed by atoms with van der Waals surface area (Å²) in [5.41, 5.74) is 2.83. The molecule has 0 bridgehead atoms. The number of hydrogen-bond acceptors (Lipinski definition) is 2. The second kappa shape index (κ2) is 7.99. The first-order chi connectivity index (χ1) is 11.1. The predicted molar refractivity (Wildman–Crippen MR) is 94.2 cm³/mol. The van der Waals surface area contributed by atoms with Crippen LogP contribution in [-0.2, 0) is 4.79 Å². The molecule has 0 aromatic heterocycles. The number of rotatable bonds is 6. The van der Waals surface area contributed by atoms with Crippen LogP contribution in [0.5, 0.6) is 5.75 Å². The predicted octanol–water partition coefficient (Wildman–Crippen LogP) is 4.14. The third-order valence-electron chi connectivity index (χ3n) is 3.43. The van der Waals surface area contributed by atoms with Gasteiger partial charge in [0, 0.05) is 6.92 Å². The van der Waals surface area contributed by atoms with Crippen molar-refractivity contribution in [2.24, 2.45) is 0 Å². The summed E-state index contributed by atoms with van der Waals surface area (Å²) in [5.74, 6) is 0.717. The van der Waals surface area contributed by atoms with E-state index in [0.717, 1.165) is 22.4 Å². The molecule has 2 rings (SSSR count). The van der Waals surface area contributed by atoms with Crippen molar-refractivity contribution in [1.29, 1.82) is 0 Å². The van der Waals surface area contributed by atoms with Crippen LogP contribution in [0.3, 0.4) is 0 Å². The van der Waals surface area contributed by atoms with E-state index in [-0.39, 0.29) is 11.9 Å². The molecule has 0 unspecified atom stereocenters. The largest absolute Gasteiger partial charge is 0.497 e. The summed E-state index contributed by atoms with van der Waals surface area (Å²) in [5, 5.41) is 2.94. The molecule has 1 atom stereocenters. The molecule has 3 nitrogen and oxygen atoms in total. The monoisotopic (exact) mass is 307 g/mol. The Morgan fingerprint density at radius 1 is 1.17 bits per heavy atom. The fraction of sp³-hybridized carbons (Fsp3) is 0.150. The van der Waals surface area contributed by atoms with Gasteiger partial charge in [-0.25, -0.2) is 0 Å². The maximum absolute atomic E-state index is 11.5. The summed E-state index contributed by atoms with van der Waals surface area (Å²) in [6.45, 7) is 5.62. The highest BCUT2D eigenvalue weighted by Gasteiger charge is 2.14. The Labute approximate surface area is 137 Å². The zero-order chi connectivity index (χ0) is 16.7. The summed E-state index contributed by atoms with van der Waals surface area (Å²) in [4.78, 5) is 11.5. The standard InChI is InChI=1S/C20H21NO2/c1-15(12-13-17-8-7-11-19(14-17)23-3)20(21-16(2)22)18-9-5-4-6-10-18/h4-14,20H,1H2,2-3H3,(H,21,22)/b13-12+/t20-/m1/s1. The number of benzene rings is 2. The molecule has 3 heteroatoms. The van der Waals surface area contributed by atoms with E-state index in [2.05, 4.69) is 11.9 Å². The Kier molecular flexibility index (Phi) is 5.75. The van der Waals surface area contributed by atoms with Crippen molar-refractivity contribution in [3.63, 3.8) is 0 Å². The van der Waals surface area contributed by atoms with Crippen LogP contribution in [0.25, 0.3) is 6.08 Å². The third-order valence-corrected chi connectivity index (χ3v) is 3.43. The fourth-order valence-corrected chi connectivity index (χ4v) is 2.28. The topological polar surface area (TPSA) is 38.3 Å². The first-order valence-electron chi connectivity index (χ1n) is 7.43. The molecular weight excluding hydrogens is 286 g/mol. The second-order valence-electron chi connectivity index (χ2n) is 5.23. The number of ether oxygens (including phenoxy) is 1. The first-order valence-corrected chi connectivity index (χ1v) is 7.43. The van der Waals surface area contributed by atoms with Crippen molar-refractivity contribution in [3.8, 4) is 5.75 Å². The molecule has 0 spiro atoms. The molecule has 0 saturated heterocycles. The van der Waals surface area contributed by atoms with Crippen LogP contribution in [0.15, 0.2) is 72.8 Å². The van der Waals surface area contributed by atoms with E-state index in [0.29, 0.717) is 0 Å². The molecule has 0 aliphatic heterocycles. The van der Waals surface area contributed by atoms with E-state index in [1.165, 1.54) is 6.92 Å². The van der Waals surface area contributed by atoms with Crippen LogP contribution in [0, 0.1) is 0 Å². The number of carbonyl (C=O) groups is 1. The van der Waals surface area contributed by atoms with Crippen molar-refractivity contribution < 1.29 is 9.53 Å². The molecule has 2 aromatic carbocycles. The summed E-state index contributed by atoms with van der Waals surface area (Å²) in [7, 11) is 1.64. The average molecular weight is 307 g/mol. The molecule has 23 heavy (non-hydrogen) atoms. The Hall–Kier alpha value is -2.81. The quantitative estimate of drug-likeness (QED) is 0.814. The van der Waals surface area contributed by atoms with Gasteiger partial charge in [-0.15, -0.1) is 0 Å². The molecule has 0 radical (unpaired) electrons. The van der Waals surface area contributed by atoms with Crippen molar-refractivity contribution in [1.82, 2.24) is 5.32 Å². The van der Waals surface area contributed by atoms with Crippen LogP contribution in [-0.4, -0.2) is 13.0 Å². The molecular formula is C20H21NO2. The Bertz CT molecular complexity index is 705. The maximum atomic E-state index is 11.5. The van der Waals surface area contributed by atoms with Gasteiger partial charge in [0.1, 0.15) is 5.75 Å². The van der Waals surface area contributed by atoms with E-state index in [9.17, 15) is 4.79 Å². The van der Waals surface area contributed by atoms with Gasteiger partial charge in [0.2, 0.25) is 5.91 Å². The van der Waals surface area contributed by atoms with Crippen LogP contribution in [0.2, 0.25) is 0 Å². The molecule has 0 saturated carbocycles. The lowest BCUT2D eigenvalue weighted by atomic mass is 9.98. The summed E-state index contributed by atoms with van der Waals surface area (Å²) in [6, 6.07) is 17.3. The summed E-state index contributed by atoms with van der Waals surface area (Å²) in [6.07, 6.45) is 3.88. The molecule has 1 amide bonds. The minimum atomic E-state index is -0.240. The van der Waals surface area contributed by atoms with E-state index in [1.807, 2.05) is 66.7 Å². The van der Waals surface area contributed by atoms with E-state index in [4.69, 9.17) is 4.74 Å². The summed E-state index contributed by atoms with van der Waals surface area (Å²) < 4.78 is 5.22. The number of methoxy groups -OCH3 is 1. The Morgan fingerprint density at radius 2 is 1.91 bits per heavy atom. The zero-order valence-corrected chi connectivity index (χ0v) is 13.5. The molecule has 118 valence electrons. The van der Waals surface area contributed by atoms with Gasteiger partial charge < -0.3 is 10.1 Å². The highest BCUT2D eigenvalue weighted by Crippen LogP contribution is 2.22. The van der Waals surface area contributed by atoms with Gasteiger partial charge in [-0.1, -0.05) is 61.2 Å². The zero-order valence-electron chi connectivity index (χ0n) is 13.5. The summed E-state index contributed by atoms with van der Waals surface area (Å²) >= 11 is 0. The number of nitrogens with one attached hydrogen (secondary N) is 1. The van der Waals surface area contributed by atoms with Gasteiger partial charge in [0.05, 0.1) is 13.2 Å². The Morgan fingerprint density at radius 3 is 2.57 bits per heavy atom. The van der Waals surface area contributed by atoms with E-state index < -0.39 is 0 Å². The normalized spacial score (nSPS) is 11.9. The van der Waals surface area contributed by atoms with E-state index in [1.54, 1.807) is 7.11 Å². The SMILES string of the molecule is C=C(/C=C/c1cccc(OC)c1)[C@@H](NC(C)=O)c1ccccc1. The molecule has 0 aliphatic rings. The second-order valence-corrected chi connectivity index (χ2v) is 5.23. The van der Waals surface area contributed by atoms with Crippen molar-refractivity contribution >= 4 is 12.0 Å². The van der Waals surface area contributed by atoms with Crippen LogP contribution >= 0.6 is 0 Å². The van der Waals surface area contributed by atoms with Crippen LogP contribution in [0.1, 0.15) is 24.1 Å². The highest BCUT2D eigenvalue weighted by molar-refractivity contribution is 5.74. The minimum absolute atomic E-state index is 0.0882. The van der Waals surface area contributed by atoms with Crippen LogP contribution in [0.4, 0.5) is 0 Å². The van der Waals surface area contributed by atoms with Gasteiger partial charge in [-0.05, 0) is 28.8 Å². The number of carbonyl (C=O) groups excluding carboxylic acids is 1. The molecule has 0 fully saturated rings.